The monoisotopic (exact) mass is 598 g/mol. The van der Waals surface area contributed by atoms with Gasteiger partial charge in [0.1, 0.15) is 0 Å². The fourth-order valence-electron chi connectivity index (χ4n) is 6.28. The van der Waals surface area contributed by atoms with Crippen molar-refractivity contribution in [1.82, 2.24) is 30.2 Å². The SMILES string of the molecule is CCOc1cc(CN2CCC(N(c3nc4ncccc4o3)N(c3nc4ncccc4o3)C3CCNCC3)CC2)ccc1OC. The summed E-state index contributed by atoms with van der Waals surface area (Å²) >= 11 is 0. The zero-order chi connectivity index (χ0) is 29.9. The number of oxazole rings is 2. The largest absolute Gasteiger partial charge is 0.493 e. The minimum atomic E-state index is 0.104. The summed E-state index contributed by atoms with van der Waals surface area (Å²) < 4.78 is 24.1. The number of methoxy groups -OCH3 is 1. The molecule has 0 amide bonds. The summed E-state index contributed by atoms with van der Waals surface area (Å²) in [5.74, 6) is 1.54. The van der Waals surface area contributed by atoms with E-state index >= 15 is 0 Å². The van der Waals surface area contributed by atoms with Crippen molar-refractivity contribution in [3.05, 3.63) is 60.4 Å². The molecule has 0 bridgehead atoms. The lowest BCUT2D eigenvalue weighted by Gasteiger charge is -2.46. The number of hydrazine groups is 1. The lowest BCUT2D eigenvalue weighted by molar-refractivity contribution is 0.193. The highest BCUT2D eigenvalue weighted by atomic mass is 16.5. The second-order valence-electron chi connectivity index (χ2n) is 11.2. The summed E-state index contributed by atoms with van der Waals surface area (Å²) in [6.45, 7) is 7.05. The van der Waals surface area contributed by atoms with Gasteiger partial charge in [-0.1, -0.05) is 6.07 Å². The molecule has 7 rings (SSSR count). The molecule has 6 heterocycles. The normalized spacial score (nSPS) is 16.9. The second kappa shape index (κ2) is 12.7. The molecule has 12 heteroatoms. The Kier molecular flexibility index (Phi) is 8.16. The van der Waals surface area contributed by atoms with Crippen LogP contribution in [0.3, 0.4) is 0 Å². The van der Waals surface area contributed by atoms with Gasteiger partial charge in [-0.25, -0.2) is 20.0 Å². The first-order chi connectivity index (χ1) is 21.7. The summed E-state index contributed by atoms with van der Waals surface area (Å²) in [5, 5.41) is 7.87. The van der Waals surface area contributed by atoms with Gasteiger partial charge in [0, 0.05) is 32.0 Å². The third-order valence-corrected chi connectivity index (χ3v) is 8.42. The van der Waals surface area contributed by atoms with Crippen LogP contribution in [0, 0.1) is 0 Å². The van der Waals surface area contributed by atoms with Crippen LogP contribution in [-0.4, -0.2) is 76.8 Å². The van der Waals surface area contributed by atoms with Gasteiger partial charge in [-0.2, -0.15) is 9.97 Å². The van der Waals surface area contributed by atoms with Gasteiger partial charge >= 0.3 is 12.0 Å². The number of hydrogen-bond donors (Lipinski definition) is 1. The average Bonchev–Trinajstić information content (AvgIpc) is 3.69. The van der Waals surface area contributed by atoms with Gasteiger partial charge in [-0.05, 0) is 87.7 Å². The number of nitrogens with one attached hydrogen (secondary N) is 1. The van der Waals surface area contributed by atoms with E-state index in [-0.39, 0.29) is 12.1 Å². The molecule has 0 spiro atoms. The third-order valence-electron chi connectivity index (χ3n) is 8.42. The van der Waals surface area contributed by atoms with E-state index in [0.29, 0.717) is 41.1 Å². The number of likely N-dealkylation sites (tertiary alicyclic amines) is 1. The summed E-state index contributed by atoms with van der Waals surface area (Å²) in [7, 11) is 1.67. The predicted molar refractivity (Wildman–Crippen MR) is 167 cm³/mol. The topological polar surface area (TPSA) is 118 Å². The van der Waals surface area contributed by atoms with E-state index < -0.39 is 0 Å². The van der Waals surface area contributed by atoms with E-state index in [1.807, 2.05) is 37.3 Å². The quantitative estimate of drug-likeness (QED) is 0.222. The van der Waals surface area contributed by atoms with E-state index in [2.05, 4.69) is 42.3 Å². The number of nitrogens with zero attached hydrogens (tertiary/aromatic N) is 7. The maximum absolute atomic E-state index is 6.40. The molecule has 0 atom stereocenters. The zero-order valence-corrected chi connectivity index (χ0v) is 25.2. The lowest BCUT2D eigenvalue weighted by atomic mass is 10.0. The molecule has 12 nitrogen and oxygen atoms in total. The van der Waals surface area contributed by atoms with Crippen molar-refractivity contribution in [2.45, 2.75) is 51.2 Å². The number of benzene rings is 1. The highest BCUT2D eigenvalue weighted by molar-refractivity contribution is 5.72. The second-order valence-corrected chi connectivity index (χ2v) is 11.2. The summed E-state index contributed by atoms with van der Waals surface area (Å²) in [4.78, 5) is 21.1. The van der Waals surface area contributed by atoms with Gasteiger partial charge in [0.2, 0.25) is 11.3 Å². The number of piperidine rings is 2. The number of anilines is 2. The molecule has 4 aromatic heterocycles. The molecular weight excluding hydrogens is 560 g/mol. The molecule has 1 N–H and O–H groups in total. The Morgan fingerprint density at radius 1 is 0.841 bits per heavy atom. The first kappa shape index (κ1) is 28.4. The van der Waals surface area contributed by atoms with Gasteiger partial charge < -0.3 is 23.6 Å². The Labute approximate surface area is 256 Å². The number of fused-ring (bicyclic) bond motifs is 2. The Morgan fingerprint density at radius 3 is 2.02 bits per heavy atom. The van der Waals surface area contributed by atoms with Crippen LogP contribution in [0.4, 0.5) is 12.0 Å². The fourth-order valence-corrected chi connectivity index (χ4v) is 6.28. The minimum absolute atomic E-state index is 0.104. The number of pyridine rings is 2. The van der Waals surface area contributed by atoms with Crippen molar-refractivity contribution >= 4 is 34.5 Å². The number of aromatic nitrogens is 4. The average molecular weight is 599 g/mol. The molecule has 44 heavy (non-hydrogen) atoms. The van der Waals surface area contributed by atoms with E-state index in [0.717, 1.165) is 69.9 Å². The molecule has 5 aromatic rings. The molecule has 0 saturated carbocycles. The van der Waals surface area contributed by atoms with Crippen molar-refractivity contribution in [2.24, 2.45) is 0 Å². The smallest absolute Gasteiger partial charge is 0.319 e. The van der Waals surface area contributed by atoms with Crippen molar-refractivity contribution < 1.29 is 18.3 Å². The molecule has 2 aliphatic rings. The van der Waals surface area contributed by atoms with Crippen LogP contribution in [0.25, 0.3) is 22.5 Å². The number of rotatable bonds is 10. The van der Waals surface area contributed by atoms with Crippen molar-refractivity contribution in [3.8, 4) is 11.5 Å². The van der Waals surface area contributed by atoms with Gasteiger partial charge in [0.05, 0.1) is 25.8 Å². The number of ether oxygens (including phenoxy) is 2. The van der Waals surface area contributed by atoms with Gasteiger partial charge in [0.25, 0.3) is 0 Å². The molecule has 0 aliphatic carbocycles. The van der Waals surface area contributed by atoms with E-state index in [4.69, 9.17) is 28.3 Å². The molecule has 2 fully saturated rings. The van der Waals surface area contributed by atoms with Crippen LogP contribution in [0.15, 0.2) is 63.7 Å². The Morgan fingerprint density at radius 2 is 1.45 bits per heavy atom. The summed E-state index contributed by atoms with van der Waals surface area (Å²) in [5.41, 5.74) is 3.67. The molecule has 230 valence electrons. The molecular formula is C32H38N8O4. The Hall–Kier alpha value is -4.42. The van der Waals surface area contributed by atoms with Crippen molar-refractivity contribution in [2.75, 3.05) is 49.9 Å². The van der Waals surface area contributed by atoms with E-state index in [9.17, 15) is 0 Å². The molecule has 2 aliphatic heterocycles. The lowest BCUT2D eigenvalue weighted by Crippen LogP contribution is -2.59. The van der Waals surface area contributed by atoms with Gasteiger partial charge in [-0.15, -0.1) is 0 Å². The van der Waals surface area contributed by atoms with Crippen LogP contribution in [-0.2, 0) is 6.54 Å². The van der Waals surface area contributed by atoms with Crippen LogP contribution in [0.2, 0.25) is 0 Å². The minimum Gasteiger partial charge on any atom is -0.493 e. The maximum Gasteiger partial charge on any atom is 0.319 e. The van der Waals surface area contributed by atoms with E-state index in [1.165, 1.54) is 5.56 Å². The van der Waals surface area contributed by atoms with Crippen LogP contribution in [0.1, 0.15) is 38.2 Å². The van der Waals surface area contributed by atoms with Crippen LogP contribution < -0.4 is 24.8 Å². The van der Waals surface area contributed by atoms with Crippen molar-refractivity contribution in [3.63, 3.8) is 0 Å². The van der Waals surface area contributed by atoms with Crippen molar-refractivity contribution in [1.29, 1.82) is 0 Å². The van der Waals surface area contributed by atoms with Gasteiger partial charge in [0.15, 0.2) is 22.7 Å². The highest BCUT2D eigenvalue weighted by Crippen LogP contribution is 2.35. The van der Waals surface area contributed by atoms with Gasteiger partial charge in [-0.3, -0.25) is 4.90 Å². The Balaban J connectivity index is 1.20. The molecule has 0 unspecified atom stereocenters. The first-order valence-corrected chi connectivity index (χ1v) is 15.4. The summed E-state index contributed by atoms with van der Waals surface area (Å²) in [6, 6.07) is 15.0. The highest BCUT2D eigenvalue weighted by Gasteiger charge is 2.39. The fraction of sp³-hybridized carbons (Fsp3) is 0.438. The molecule has 0 radical (unpaired) electrons. The maximum atomic E-state index is 6.40. The summed E-state index contributed by atoms with van der Waals surface area (Å²) in [6.07, 6.45) is 7.15. The van der Waals surface area contributed by atoms with E-state index in [1.54, 1.807) is 19.5 Å². The number of hydrogen-bond acceptors (Lipinski definition) is 12. The third kappa shape index (κ3) is 5.74. The standard InChI is InChI=1S/C32H38N8O4/c1-3-42-28-20-22(8-9-25(28)41-2)21-38-18-12-24(13-19-38)40(32-37-30-27(44-32)7-5-15-35-30)39(23-10-16-33-17-11-23)31-36-29-26(43-31)6-4-14-34-29/h4-9,14-15,20,23-24,33H,3,10-13,16-19,21H2,1-2H3. The first-order valence-electron chi connectivity index (χ1n) is 15.4. The molecule has 2 saturated heterocycles. The molecule has 1 aromatic carbocycles. The predicted octanol–water partition coefficient (Wildman–Crippen LogP) is 4.81. The van der Waals surface area contributed by atoms with Crippen LogP contribution >= 0.6 is 0 Å². The zero-order valence-electron chi connectivity index (χ0n) is 25.2. The Bertz CT molecular complexity index is 1630. The van der Waals surface area contributed by atoms with Crippen LogP contribution in [0.5, 0.6) is 11.5 Å².